The molecular weight excluding hydrogens is 268 g/mol. The number of nitrogens with zero attached hydrogens (tertiary/aromatic N) is 2. The van der Waals surface area contributed by atoms with Crippen molar-refractivity contribution in [3.05, 3.63) is 33.5 Å². The molecule has 0 bridgehead atoms. The van der Waals surface area contributed by atoms with Crippen molar-refractivity contribution in [2.24, 2.45) is 7.05 Å². The summed E-state index contributed by atoms with van der Waals surface area (Å²) in [6.45, 7) is 13.9. The lowest BCUT2D eigenvalue weighted by Gasteiger charge is -2.29. The fourth-order valence-electron chi connectivity index (χ4n) is 4.37. The molecule has 3 rings (SSSR count). The van der Waals surface area contributed by atoms with Gasteiger partial charge >= 0.3 is 0 Å². The van der Waals surface area contributed by atoms with Gasteiger partial charge in [-0.2, -0.15) is 0 Å². The van der Waals surface area contributed by atoms with Gasteiger partial charge in [-0.1, -0.05) is 0 Å². The third-order valence-corrected chi connectivity index (χ3v) is 6.28. The molecule has 2 nitrogen and oxygen atoms in total. The van der Waals surface area contributed by atoms with Crippen molar-refractivity contribution < 1.29 is 0 Å². The first-order chi connectivity index (χ1) is 10.3. The number of aryl methyl sites for hydroxylation is 3. The molecule has 120 valence electrons. The Bertz CT molecular complexity index is 728. The van der Waals surface area contributed by atoms with Crippen LogP contribution in [0.25, 0.3) is 10.9 Å². The zero-order valence-corrected chi connectivity index (χ0v) is 15.3. The van der Waals surface area contributed by atoms with Crippen molar-refractivity contribution in [2.75, 3.05) is 20.1 Å². The molecule has 1 aliphatic heterocycles. The number of aromatic nitrogens is 1. The van der Waals surface area contributed by atoms with E-state index in [-0.39, 0.29) is 0 Å². The molecule has 0 N–H and O–H groups in total. The van der Waals surface area contributed by atoms with E-state index in [1.165, 1.54) is 59.4 Å². The molecule has 0 spiro atoms. The molecule has 0 unspecified atom stereocenters. The third kappa shape index (κ3) is 2.11. The largest absolute Gasteiger partial charge is 0.347 e. The summed E-state index contributed by atoms with van der Waals surface area (Å²) in [5, 5.41) is 1.55. The number of piperidine rings is 1. The van der Waals surface area contributed by atoms with Crippen LogP contribution in [0.2, 0.25) is 0 Å². The highest BCUT2D eigenvalue weighted by molar-refractivity contribution is 5.93. The number of benzene rings is 1. The molecule has 2 heteroatoms. The van der Waals surface area contributed by atoms with Crippen LogP contribution in [0.15, 0.2) is 0 Å². The normalized spacial score (nSPS) is 17.6. The molecule has 1 aromatic heterocycles. The molecule has 1 aromatic carbocycles. The lowest BCUT2D eigenvalue weighted by molar-refractivity contribution is 0.255. The summed E-state index contributed by atoms with van der Waals surface area (Å²) in [6.07, 6.45) is 2.59. The van der Waals surface area contributed by atoms with Crippen LogP contribution >= 0.6 is 0 Å². The monoisotopic (exact) mass is 298 g/mol. The van der Waals surface area contributed by atoms with Crippen LogP contribution in [-0.2, 0) is 7.05 Å². The van der Waals surface area contributed by atoms with Gasteiger partial charge in [-0.05, 0) is 101 Å². The fourth-order valence-corrected chi connectivity index (χ4v) is 4.37. The Balaban J connectivity index is 2.29. The predicted molar refractivity (Wildman–Crippen MR) is 96.1 cm³/mol. The molecule has 0 saturated carbocycles. The second-order valence-electron chi connectivity index (χ2n) is 7.36. The quantitative estimate of drug-likeness (QED) is 0.751. The minimum absolute atomic E-state index is 0.722. The standard InChI is InChI=1S/C20H30N2/c1-12-13(2)15(4)20-18(14(12)3)19(16(5)22(20)7)17-8-10-21(6)11-9-17/h17H,8-11H2,1-7H3. The average Bonchev–Trinajstić information content (AvgIpc) is 2.76. The van der Waals surface area contributed by atoms with E-state index in [0.717, 1.165) is 5.92 Å². The summed E-state index contributed by atoms with van der Waals surface area (Å²) in [5.41, 5.74) is 10.5. The SMILES string of the molecule is Cc1c(C)c(C)c2c(c1C)c(C1CCN(C)CC1)c(C)n2C. The van der Waals surface area contributed by atoms with E-state index in [1.54, 1.807) is 10.9 Å². The maximum Gasteiger partial charge on any atom is 0.0518 e. The number of hydrogen-bond acceptors (Lipinski definition) is 1. The van der Waals surface area contributed by atoms with E-state index in [0.29, 0.717) is 0 Å². The lowest BCUT2D eigenvalue weighted by atomic mass is 9.84. The zero-order chi connectivity index (χ0) is 16.2. The van der Waals surface area contributed by atoms with Crippen molar-refractivity contribution in [3.63, 3.8) is 0 Å². The average molecular weight is 298 g/mol. The first kappa shape index (κ1) is 15.6. The highest BCUT2D eigenvalue weighted by Crippen LogP contribution is 2.41. The Labute approximate surface area is 135 Å². The van der Waals surface area contributed by atoms with Gasteiger partial charge in [-0.15, -0.1) is 0 Å². The van der Waals surface area contributed by atoms with Crippen LogP contribution in [0.5, 0.6) is 0 Å². The summed E-state index contributed by atoms with van der Waals surface area (Å²) in [6, 6.07) is 0. The van der Waals surface area contributed by atoms with E-state index >= 15 is 0 Å². The number of likely N-dealkylation sites (tertiary alicyclic amines) is 1. The lowest BCUT2D eigenvalue weighted by Crippen LogP contribution is -2.29. The number of hydrogen-bond donors (Lipinski definition) is 0. The molecule has 1 fully saturated rings. The van der Waals surface area contributed by atoms with Crippen LogP contribution in [0.3, 0.4) is 0 Å². The minimum atomic E-state index is 0.722. The smallest absolute Gasteiger partial charge is 0.0518 e. The highest BCUT2D eigenvalue weighted by atomic mass is 15.1. The van der Waals surface area contributed by atoms with Gasteiger partial charge in [0.2, 0.25) is 0 Å². The first-order valence-corrected chi connectivity index (χ1v) is 8.58. The number of fused-ring (bicyclic) bond motifs is 1. The fraction of sp³-hybridized carbons (Fsp3) is 0.600. The molecule has 2 aromatic rings. The van der Waals surface area contributed by atoms with E-state index in [4.69, 9.17) is 0 Å². The second-order valence-corrected chi connectivity index (χ2v) is 7.36. The molecule has 1 saturated heterocycles. The van der Waals surface area contributed by atoms with Crippen LogP contribution in [0.4, 0.5) is 0 Å². The molecule has 2 heterocycles. The van der Waals surface area contributed by atoms with Crippen LogP contribution < -0.4 is 0 Å². The van der Waals surface area contributed by atoms with Crippen LogP contribution in [0.1, 0.15) is 52.3 Å². The van der Waals surface area contributed by atoms with Gasteiger partial charge in [0, 0.05) is 18.1 Å². The van der Waals surface area contributed by atoms with E-state index in [9.17, 15) is 0 Å². The third-order valence-electron chi connectivity index (χ3n) is 6.28. The zero-order valence-electron chi connectivity index (χ0n) is 15.3. The van der Waals surface area contributed by atoms with Crippen molar-refractivity contribution in [2.45, 2.75) is 53.4 Å². The van der Waals surface area contributed by atoms with Gasteiger partial charge in [0.15, 0.2) is 0 Å². The van der Waals surface area contributed by atoms with Gasteiger partial charge in [0.05, 0.1) is 5.52 Å². The first-order valence-electron chi connectivity index (χ1n) is 8.58. The van der Waals surface area contributed by atoms with Crippen LogP contribution in [-0.4, -0.2) is 29.6 Å². The summed E-state index contributed by atoms with van der Waals surface area (Å²) in [4.78, 5) is 2.46. The Hall–Kier alpha value is -1.28. The Morgan fingerprint density at radius 2 is 1.32 bits per heavy atom. The maximum absolute atomic E-state index is 2.46. The van der Waals surface area contributed by atoms with Crippen molar-refractivity contribution in [3.8, 4) is 0 Å². The highest BCUT2D eigenvalue weighted by Gasteiger charge is 2.26. The van der Waals surface area contributed by atoms with Crippen molar-refractivity contribution in [1.82, 2.24) is 9.47 Å². The Morgan fingerprint density at radius 3 is 1.91 bits per heavy atom. The van der Waals surface area contributed by atoms with Crippen LogP contribution in [0, 0.1) is 34.6 Å². The minimum Gasteiger partial charge on any atom is -0.347 e. The summed E-state index contributed by atoms with van der Waals surface area (Å²) < 4.78 is 2.44. The second kappa shape index (κ2) is 5.42. The van der Waals surface area contributed by atoms with Gasteiger partial charge < -0.3 is 9.47 Å². The van der Waals surface area contributed by atoms with E-state index in [2.05, 4.69) is 58.2 Å². The van der Waals surface area contributed by atoms with E-state index < -0.39 is 0 Å². The molecular formula is C20H30N2. The summed E-state index contributed by atoms with van der Waals surface area (Å²) in [7, 11) is 4.49. The number of rotatable bonds is 1. The summed E-state index contributed by atoms with van der Waals surface area (Å²) in [5.74, 6) is 0.722. The summed E-state index contributed by atoms with van der Waals surface area (Å²) >= 11 is 0. The van der Waals surface area contributed by atoms with Gasteiger partial charge in [-0.3, -0.25) is 0 Å². The molecule has 0 amide bonds. The molecule has 0 atom stereocenters. The Kier molecular flexibility index (Phi) is 3.84. The molecule has 1 aliphatic rings. The van der Waals surface area contributed by atoms with Gasteiger partial charge in [0.1, 0.15) is 0 Å². The molecule has 22 heavy (non-hydrogen) atoms. The van der Waals surface area contributed by atoms with Crippen molar-refractivity contribution in [1.29, 1.82) is 0 Å². The van der Waals surface area contributed by atoms with Crippen molar-refractivity contribution >= 4 is 10.9 Å². The van der Waals surface area contributed by atoms with Gasteiger partial charge in [0.25, 0.3) is 0 Å². The van der Waals surface area contributed by atoms with E-state index in [1.807, 2.05) is 0 Å². The topological polar surface area (TPSA) is 8.17 Å². The molecule has 0 aliphatic carbocycles. The van der Waals surface area contributed by atoms with Gasteiger partial charge in [-0.25, -0.2) is 0 Å². The molecule has 0 radical (unpaired) electrons. The maximum atomic E-state index is 2.46. The Morgan fingerprint density at radius 1 is 0.773 bits per heavy atom. The predicted octanol–water partition coefficient (Wildman–Crippen LogP) is 4.53.